The number of nitrogens with zero attached hydrogens (tertiary/aromatic N) is 6. The van der Waals surface area contributed by atoms with Gasteiger partial charge < -0.3 is 29.4 Å². The predicted octanol–water partition coefficient (Wildman–Crippen LogP) is 5.02. The molecule has 3 atom stereocenters. The molecule has 0 radical (unpaired) electrons. The fourth-order valence-corrected chi connectivity index (χ4v) is 6.83. The summed E-state index contributed by atoms with van der Waals surface area (Å²) in [5.74, 6) is 0.776. The SMILES string of the molecule is [C-]#[N+]CC1CN(c2nc(OC[C@@H]3C[C@@H](F)CN3)nc3c2CCN(c2cccc4ccccc24)C3)CCN1C(=O)OCc1ccccc1. The molecule has 242 valence electrons. The molecule has 1 amide bonds. The molecule has 4 heterocycles. The van der Waals surface area contributed by atoms with E-state index in [0.717, 1.165) is 41.3 Å². The van der Waals surface area contributed by atoms with Gasteiger partial charge in [-0.15, -0.1) is 0 Å². The molecule has 0 aliphatic carbocycles. The molecule has 2 fully saturated rings. The summed E-state index contributed by atoms with van der Waals surface area (Å²) in [6.07, 6.45) is -0.174. The average Bonchev–Trinajstić information content (AvgIpc) is 3.54. The van der Waals surface area contributed by atoms with Gasteiger partial charge in [-0.1, -0.05) is 66.7 Å². The van der Waals surface area contributed by atoms with E-state index >= 15 is 0 Å². The standard InChI is InChI=1S/C36H38FN7O3/c1-38-20-29-21-43(16-17-44(29)36(45)47-23-25-8-3-2-4-9-25)34-31-14-15-42(33-13-7-11-26-10-5-6-12-30(26)33)22-32(31)40-35(41-34)46-24-28-18-27(37)19-39-28/h2-13,27-29,39H,14-24H2/t27-,28+,29?/m1/s1. The molecule has 0 spiro atoms. The van der Waals surface area contributed by atoms with Crippen molar-refractivity contribution in [3.8, 4) is 6.01 Å². The summed E-state index contributed by atoms with van der Waals surface area (Å²) in [5, 5.41) is 5.54. The molecule has 11 heteroatoms. The largest absolute Gasteiger partial charge is 0.462 e. The zero-order valence-electron chi connectivity index (χ0n) is 26.2. The number of anilines is 2. The van der Waals surface area contributed by atoms with Gasteiger partial charge in [0.15, 0.2) is 0 Å². The summed E-state index contributed by atoms with van der Waals surface area (Å²) in [7, 11) is 0. The van der Waals surface area contributed by atoms with Crippen molar-refractivity contribution < 1.29 is 18.7 Å². The van der Waals surface area contributed by atoms with Gasteiger partial charge in [0.25, 0.3) is 0 Å². The number of carbonyl (C=O) groups excluding carboxylic acids is 1. The maximum Gasteiger partial charge on any atom is 0.410 e. The Morgan fingerprint density at radius 2 is 1.83 bits per heavy atom. The Morgan fingerprint density at radius 1 is 1.00 bits per heavy atom. The molecule has 1 unspecified atom stereocenters. The molecule has 1 aromatic heterocycles. The van der Waals surface area contributed by atoms with Gasteiger partial charge in [0.1, 0.15) is 31.2 Å². The Bertz CT molecular complexity index is 1760. The molecule has 0 saturated carbocycles. The number of aromatic nitrogens is 2. The summed E-state index contributed by atoms with van der Waals surface area (Å²) in [4.78, 5) is 32.8. The quantitative estimate of drug-likeness (QED) is 0.270. The van der Waals surface area contributed by atoms with E-state index in [1.165, 1.54) is 10.8 Å². The predicted molar refractivity (Wildman–Crippen MR) is 178 cm³/mol. The van der Waals surface area contributed by atoms with Crippen LogP contribution in [0.4, 0.5) is 20.7 Å². The van der Waals surface area contributed by atoms with Gasteiger partial charge in [-0.25, -0.2) is 15.8 Å². The number of hydrogen-bond acceptors (Lipinski definition) is 8. The minimum atomic E-state index is -0.882. The summed E-state index contributed by atoms with van der Waals surface area (Å²) in [5.41, 5.74) is 4.01. The van der Waals surface area contributed by atoms with Crippen LogP contribution >= 0.6 is 0 Å². The number of halogens is 1. The average molecular weight is 636 g/mol. The van der Waals surface area contributed by atoms with E-state index in [2.05, 4.69) is 62.4 Å². The second-order valence-electron chi connectivity index (χ2n) is 12.3. The smallest absolute Gasteiger partial charge is 0.410 e. The maximum atomic E-state index is 13.9. The molecule has 7 rings (SSSR count). The highest BCUT2D eigenvalue weighted by molar-refractivity contribution is 5.94. The number of piperazine rings is 1. The highest BCUT2D eigenvalue weighted by Crippen LogP contribution is 2.35. The number of benzene rings is 3. The van der Waals surface area contributed by atoms with E-state index in [1.807, 2.05) is 30.3 Å². The third-order valence-electron chi connectivity index (χ3n) is 9.24. The molecule has 0 bridgehead atoms. The van der Waals surface area contributed by atoms with Crippen LogP contribution in [0, 0.1) is 6.57 Å². The summed E-state index contributed by atoms with van der Waals surface area (Å²) in [6, 6.07) is 24.1. The number of ether oxygens (including phenoxy) is 2. The van der Waals surface area contributed by atoms with Crippen LogP contribution < -0.4 is 19.9 Å². The Balaban J connectivity index is 1.14. The van der Waals surface area contributed by atoms with E-state index < -0.39 is 12.3 Å². The van der Waals surface area contributed by atoms with Crippen LogP contribution in [-0.4, -0.2) is 85.1 Å². The molecule has 3 aromatic carbocycles. The van der Waals surface area contributed by atoms with Gasteiger partial charge in [0.2, 0.25) is 6.54 Å². The van der Waals surface area contributed by atoms with Crippen molar-refractivity contribution in [1.29, 1.82) is 0 Å². The minimum absolute atomic E-state index is 0.103. The van der Waals surface area contributed by atoms with E-state index in [9.17, 15) is 9.18 Å². The number of carbonyl (C=O) groups is 1. The summed E-state index contributed by atoms with van der Waals surface area (Å²) in [6.45, 7) is 11.3. The molecule has 4 aromatic rings. The van der Waals surface area contributed by atoms with Gasteiger partial charge in [0.05, 0.1) is 12.2 Å². The van der Waals surface area contributed by atoms with E-state index in [0.29, 0.717) is 39.1 Å². The number of alkyl halides is 1. The van der Waals surface area contributed by atoms with Crippen LogP contribution in [0.3, 0.4) is 0 Å². The normalized spacial score (nSPS) is 20.9. The van der Waals surface area contributed by atoms with Gasteiger partial charge in [-0.3, -0.25) is 4.90 Å². The van der Waals surface area contributed by atoms with E-state index in [-0.39, 0.29) is 37.9 Å². The van der Waals surface area contributed by atoms with Gasteiger partial charge in [0, 0.05) is 55.4 Å². The molecular weight excluding hydrogens is 597 g/mol. The first-order valence-electron chi connectivity index (χ1n) is 16.2. The van der Waals surface area contributed by atoms with Crippen LogP contribution in [0.5, 0.6) is 6.01 Å². The van der Waals surface area contributed by atoms with Gasteiger partial charge >= 0.3 is 12.1 Å². The molecule has 2 saturated heterocycles. The molecule has 1 N–H and O–H groups in total. The highest BCUT2D eigenvalue weighted by Gasteiger charge is 2.36. The third kappa shape index (κ3) is 6.79. The molecule has 3 aliphatic rings. The van der Waals surface area contributed by atoms with Crippen LogP contribution in [-0.2, 0) is 24.3 Å². The molecular formula is C36H38FN7O3. The number of rotatable bonds is 8. The number of fused-ring (bicyclic) bond motifs is 2. The zero-order valence-corrected chi connectivity index (χ0v) is 26.2. The molecule has 10 nitrogen and oxygen atoms in total. The number of nitrogens with one attached hydrogen (secondary N) is 1. The van der Waals surface area contributed by atoms with Crippen molar-refractivity contribution in [2.24, 2.45) is 0 Å². The minimum Gasteiger partial charge on any atom is -0.462 e. The molecule has 47 heavy (non-hydrogen) atoms. The van der Waals surface area contributed by atoms with Crippen molar-refractivity contribution in [1.82, 2.24) is 20.2 Å². The first kappa shape index (κ1) is 30.7. The third-order valence-corrected chi connectivity index (χ3v) is 9.24. The number of amides is 1. The van der Waals surface area contributed by atoms with Crippen LogP contribution in [0.15, 0.2) is 72.8 Å². The Hall–Kier alpha value is -4.95. The zero-order chi connectivity index (χ0) is 32.2. The van der Waals surface area contributed by atoms with Crippen molar-refractivity contribution in [3.05, 3.63) is 101 Å². The van der Waals surface area contributed by atoms with Crippen molar-refractivity contribution in [3.63, 3.8) is 0 Å². The van der Waals surface area contributed by atoms with Gasteiger partial charge in [-0.2, -0.15) is 9.97 Å². The Morgan fingerprint density at radius 3 is 2.66 bits per heavy atom. The van der Waals surface area contributed by atoms with Crippen LogP contribution in [0.1, 0.15) is 23.2 Å². The van der Waals surface area contributed by atoms with Crippen molar-refractivity contribution in [2.75, 3.05) is 55.7 Å². The molecule has 3 aliphatic heterocycles. The Kier molecular flexibility index (Phi) is 9.02. The highest BCUT2D eigenvalue weighted by atomic mass is 19.1. The maximum absolute atomic E-state index is 13.9. The lowest BCUT2D eigenvalue weighted by molar-refractivity contribution is 0.0788. The van der Waals surface area contributed by atoms with Crippen LogP contribution in [0.2, 0.25) is 0 Å². The first-order chi connectivity index (χ1) is 23.1. The van der Waals surface area contributed by atoms with E-state index in [4.69, 9.17) is 26.0 Å². The van der Waals surface area contributed by atoms with Crippen molar-refractivity contribution in [2.45, 2.75) is 44.2 Å². The fourth-order valence-electron chi connectivity index (χ4n) is 6.83. The van der Waals surface area contributed by atoms with E-state index in [1.54, 1.807) is 4.90 Å². The first-order valence-corrected chi connectivity index (χ1v) is 16.2. The topological polar surface area (TPSA) is 87.4 Å². The van der Waals surface area contributed by atoms with Gasteiger partial charge in [-0.05, 0) is 29.9 Å². The lowest BCUT2D eigenvalue weighted by Gasteiger charge is -2.40. The second kappa shape index (κ2) is 13.8. The number of hydrogen-bond donors (Lipinski definition) is 1. The second-order valence-corrected chi connectivity index (χ2v) is 12.3. The lowest BCUT2D eigenvalue weighted by Crippen LogP contribution is -2.57. The van der Waals surface area contributed by atoms with Crippen molar-refractivity contribution >= 4 is 28.4 Å². The lowest BCUT2D eigenvalue weighted by atomic mass is 10.0. The fraction of sp³-hybridized carbons (Fsp3) is 0.389. The monoisotopic (exact) mass is 635 g/mol. The summed E-state index contributed by atoms with van der Waals surface area (Å²) >= 11 is 0. The van der Waals surface area contributed by atoms with Crippen LogP contribution in [0.25, 0.3) is 15.6 Å². The summed E-state index contributed by atoms with van der Waals surface area (Å²) < 4.78 is 25.6. The Labute approximate surface area is 273 Å².